The second kappa shape index (κ2) is 15.5. The number of hydrogen-bond donors (Lipinski definition) is 3. The molecule has 3 N–H and O–H groups in total. The number of likely N-dealkylation sites (tertiary alicyclic amines) is 2. The SMILES string of the molecule is CC(C)OC(=O)N1CCC2(CCC2CCOc2cc(F)c(CC(=O)N3CC(CNCCCC[C@H](O)CO)C3)c(F)c2)CC1. The molecule has 1 spiro atoms. The van der Waals surface area contributed by atoms with Crippen LogP contribution < -0.4 is 10.1 Å². The van der Waals surface area contributed by atoms with Crippen molar-refractivity contribution in [3.05, 3.63) is 29.3 Å². The van der Waals surface area contributed by atoms with Crippen LogP contribution in [0.1, 0.15) is 70.8 Å². The maximum Gasteiger partial charge on any atom is 0.410 e. The Morgan fingerprint density at radius 2 is 1.79 bits per heavy atom. The van der Waals surface area contributed by atoms with Gasteiger partial charge in [-0.3, -0.25) is 4.79 Å². The number of aliphatic hydroxyl groups excluding tert-OH is 2. The van der Waals surface area contributed by atoms with E-state index in [0.29, 0.717) is 51.0 Å². The minimum Gasteiger partial charge on any atom is -0.493 e. The van der Waals surface area contributed by atoms with Gasteiger partial charge in [0.1, 0.15) is 17.4 Å². The highest BCUT2D eigenvalue weighted by Gasteiger charge is 2.48. The van der Waals surface area contributed by atoms with Gasteiger partial charge in [-0.1, -0.05) is 0 Å². The molecule has 43 heavy (non-hydrogen) atoms. The zero-order chi connectivity index (χ0) is 31.0. The van der Waals surface area contributed by atoms with Crippen LogP contribution in [0, 0.1) is 28.9 Å². The summed E-state index contributed by atoms with van der Waals surface area (Å²) in [6.45, 7) is 7.88. The third kappa shape index (κ3) is 9.01. The van der Waals surface area contributed by atoms with Crippen molar-refractivity contribution in [2.75, 3.05) is 52.5 Å². The number of carbonyl (C=O) groups is 2. The number of nitrogens with one attached hydrogen (secondary N) is 1. The van der Waals surface area contributed by atoms with Gasteiger partial charge < -0.3 is 34.8 Å². The fraction of sp³-hybridized carbons (Fsp3) is 0.750. The second-order valence-electron chi connectivity index (χ2n) is 12.9. The number of amides is 2. The average molecular weight is 610 g/mol. The van der Waals surface area contributed by atoms with Crippen LogP contribution in [-0.4, -0.2) is 96.7 Å². The maximum atomic E-state index is 14.8. The Morgan fingerprint density at radius 3 is 2.40 bits per heavy atom. The molecule has 1 aliphatic carbocycles. The summed E-state index contributed by atoms with van der Waals surface area (Å²) in [7, 11) is 0. The Morgan fingerprint density at radius 1 is 1.09 bits per heavy atom. The van der Waals surface area contributed by atoms with Crippen molar-refractivity contribution in [3.8, 4) is 5.75 Å². The monoisotopic (exact) mass is 609 g/mol. The Balaban J connectivity index is 1.14. The molecule has 2 atom stereocenters. The molecule has 0 bridgehead atoms. The number of nitrogens with zero attached hydrogens (tertiary/aromatic N) is 2. The highest BCUT2D eigenvalue weighted by molar-refractivity contribution is 5.79. The molecule has 2 amide bonds. The van der Waals surface area contributed by atoms with Crippen LogP contribution in [0.4, 0.5) is 13.6 Å². The van der Waals surface area contributed by atoms with Crippen LogP contribution >= 0.6 is 0 Å². The number of hydrogen-bond acceptors (Lipinski definition) is 7. The molecule has 3 aliphatic rings. The van der Waals surface area contributed by atoms with Crippen molar-refractivity contribution >= 4 is 12.0 Å². The van der Waals surface area contributed by atoms with Crippen LogP contribution in [0.5, 0.6) is 5.75 Å². The van der Waals surface area contributed by atoms with Gasteiger partial charge in [0.05, 0.1) is 31.8 Å². The summed E-state index contributed by atoms with van der Waals surface area (Å²) in [6, 6.07) is 2.34. The fourth-order valence-corrected chi connectivity index (χ4v) is 6.62. The second-order valence-corrected chi connectivity index (χ2v) is 12.9. The Hall–Kier alpha value is -2.50. The summed E-state index contributed by atoms with van der Waals surface area (Å²) in [5.74, 6) is -0.931. The van der Waals surface area contributed by atoms with Crippen LogP contribution in [-0.2, 0) is 16.0 Å². The largest absolute Gasteiger partial charge is 0.493 e. The minimum atomic E-state index is -0.769. The molecule has 1 aromatic carbocycles. The van der Waals surface area contributed by atoms with E-state index in [2.05, 4.69) is 5.32 Å². The summed E-state index contributed by atoms with van der Waals surface area (Å²) in [5.41, 5.74) is -0.0277. The van der Waals surface area contributed by atoms with E-state index in [0.717, 1.165) is 58.0 Å². The van der Waals surface area contributed by atoms with E-state index in [-0.39, 0.29) is 47.9 Å². The van der Waals surface area contributed by atoms with Gasteiger partial charge >= 0.3 is 6.09 Å². The third-order valence-electron chi connectivity index (χ3n) is 9.48. The normalized spacial score (nSPS) is 20.6. The zero-order valence-electron chi connectivity index (χ0n) is 25.7. The lowest BCUT2D eigenvalue weighted by Gasteiger charge is -2.54. The molecule has 3 fully saturated rings. The molecule has 11 heteroatoms. The first-order valence-electron chi connectivity index (χ1n) is 15.9. The van der Waals surface area contributed by atoms with E-state index in [1.165, 1.54) is 12.1 Å². The van der Waals surface area contributed by atoms with E-state index >= 15 is 0 Å². The highest BCUT2D eigenvalue weighted by atomic mass is 19.1. The molecule has 9 nitrogen and oxygen atoms in total. The van der Waals surface area contributed by atoms with Gasteiger partial charge in [-0.15, -0.1) is 0 Å². The fourth-order valence-electron chi connectivity index (χ4n) is 6.62. The summed E-state index contributed by atoms with van der Waals surface area (Å²) in [6.07, 6.45) is 5.80. The standard InChI is InChI=1S/C32H49F2N3O6/c1-22(2)43-31(41)36-12-9-32(10-13-36)8-6-24(32)7-14-42-26-15-28(33)27(29(34)16-26)17-30(40)37-19-23(20-37)18-35-11-4-3-5-25(39)21-38/h15-16,22-25,35,38-39H,3-14,17-21H2,1-2H3/t24?,25-/m0/s1. The van der Waals surface area contributed by atoms with Gasteiger partial charge in [0.25, 0.3) is 0 Å². The van der Waals surface area contributed by atoms with Crippen LogP contribution in [0.15, 0.2) is 12.1 Å². The molecule has 2 heterocycles. The van der Waals surface area contributed by atoms with Crippen LogP contribution in [0.2, 0.25) is 0 Å². The minimum absolute atomic E-state index is 0.131. The summed E-state index contributed by atoms with van der Waals surface area (Å²) in [4.78, 5) is 28.3. The van der Waals surface area contributed by atoms with Crippen molar-refractivity contribution in [2.45, 2.75) is 83.8 Å². The molecule has 0 aromatic heterocycles. The first kappa shape index (κ1) is 33.4. The van der Waals surface area contributed by atoms with Crippen molar-refractivity contribution < 1.29 is 38.1 Å². The van der Waals surface area contributed by atoms with Crippen molar-refractivity contribution in [1.82, 2.24) is 15.1 Å². The summed E-state index contributed by atoms with van der Waals surface area (Å²) in [5, 5.41) is 21.5. The van der Waals surface area contributed by atoms with Gasteiger partial charge in [-0.25, -0.2) is 13.6 Å². The molecular formula is C32H49F2N3O6. The van der Waals surface area contributed by atoms with Crippen molar-refractivity contribution in [3.63, 3.8) is 0 Å². The molecule has 2 saturated heterocycles. The van der Waals surface area contributed by atoms with Crippen molar-refractivity contribution in [1.29, 1.82) is 0 Å². The van der Waals surface area contributed by atoms with Gasteiger partial charge in [-0.2, -0.15) is 0 Å². The summed E-state index contributed by atoms with van der Waals surface area (Å²) < 4.78 is 40.7. The Bertz CT molecular complexity index is 1050. The topological polar surface area (TPSA) is 112 Å². The van der Waals surface area contributed by atoms with Gasteiger partial charge in [0.15, 0.2) is 0 Å². The Labute approximate surface area is 253 Å². The number of piperidine rings is 1. The number of halogens is 2. The number of rotatable bonds is 15. The van der Waals surface area contributed by atoms with Gasteiger partial charge in [-0.05, 0) is 83.1 Å². The smallest absolute Gasteiger partial charge is 0.410 e. The van der Waals surface area contributed by atoms with E-state index in [1.54, 1.807) is 9.80 Å². The number of benzene rings is 1. The lowest BCUT2D eigenvalue weighted by Crippen LogP contribution is -2.53. The van der Waals surface area contributed by atoms with Crippen LogP contribution in [0.25, 0.3) is 0 Å². The number of ether oxygens (including phenoxy) is 2. The number of aliphatic hydroxyl groups is 2. The van der Waals surface area contributed by atoms with E-state index in [1.807, 2.05) is 13.8 Å². The van der Waals surface area contributed by atoms with Gasteiger partial charge in [0, 0.05) is 56.3 Å². The maximum absolute atomic E-state index is 14.8. The molecular weight excluding hydrogens is 560 g/mol. The van der Waals surface area contributed by atoms with E-state index < -0.39 is 17.7 Å². The van der Waals surface area contributed by atoms with E-state index in [4.69, 9.17) is 14.6 Å². The Kier molecular flexibility index (Phi) is 12.0. The molecule has 242 valence electrons. The first-order valence-corrected chi connectivity index (χ1v) is 15.9. The lowest BCUT2D eigenvalue weighted by molar-refractivity contribution is -0.136. The number of carbonyl (C=O) groups excluding carboxylic acids is 2. The number of unbranched alkanes of at least 4 members (excludes halogenated alkanes) is 1. The van der Waals surface area contributed by atoms with Gasteiger partial charge in [0.2, 0.25) is 5.91 Å². The van der Waals surface area contributed by atoms with Crippen molar-refractivity contribution in [2.24, 2.45) is 17.3 Å². The van der Waals surface area contributed by atoms with E-state index in [9.17, 15) is 23.5 Å². The molecule has 1 aromatic rings. The quantitative estimate of drug-likeness (QED) is 0.259. The van der Waals surface area contributed by atoms with Crippen LogP contribution in [0.3, 0.4) is 0 Å². The molecule has 2 aliphatic heterocycles. The molecule has 1 saturated carbocycles. The predicted molar refractivity (Wildman–Crippen MR) is 158 cm³/mol. The molecule has 1 unspecified atom stereocenters. The highest BCUT2D eigenvalue weighted by Crippen LogP contribution is 2.55. The zero-order valence-corrected chi connectivity index (χ0v) is 25.7. The average Bonchev–Trinajstić information content (AvgIpc) is 2.94. The first-order chi connectivity index (χ1) is 20.6. The third-order valence-corrected chi connectivity index (χ3v) is 9.48. The lowest BCUT2D eigenvalue weighted by atomic mass is 9.55. The molecule has 0 radical (unpaired) electrons. The summed E-state index contributed by atoms with van der Waals surface area (Å²) >= 11 is 0. The predicted octanol–water partition coefficient (Wildman–Crippen LogP) is 3.88. The molecule has 4 rings (SSSR count).